The molecule has 15 heavy (non-hydrogen) atoms. The van der Waals surface area contributed by atoms with Crippen LogP contribution in [0.4, 0.5) is 0 Å². The van der Waals surface area contributed by atoms with E-state index in [1.54, 1.807) is 0 Å². The molecular weight excluding hydrogens is 188 g/mol. The molecule has 0 heterocycles. The van der Waals surface area contributed by atoms with Crippen LogP contribution < -0.4 is 0 Å². The van der Waals surface area contributed by atoms with E-state index in [9.17, 15) is 4.79 Å². The van der Waals surface area contributed by atoms with Crippen LogP contribution in [0.15, 0.2) is 36.4 Å². The van der Waals surface area contributed by atoms with E-state index in [-0.39, 0.29) is 0 Å². The minimum Gasteiger partial charge on any atom is -0.481 e. The van der Waals surface area contributed by atoms with Crippen molar-refractivity contribution in [1.82, 2.24) is 0 Å². The molecule has 0 unspecified atom stereocenters. The molecule has 1 aromatic carbocycles. The van der Waals surface area contributed by atoms with Crippen LogP contribution in [0, 0.1) is 5.41 Å². The van der Waals surface area contributed by atoms with Gasteiger partial charge in [-0.25, -0.2) is 0 Å². The number of carboxylic acid groups (broad SMARTS) is 1. The van der Waals surface area contributed by atoms with Gasteiger partial charge in [-0.2, -0.15) is 0 Å². The molecule has 2 heteroatoms. The van der Waals surface area contributed by atoms with Crippen molar-refractivity contribution in [2.24, 2.45) is 5.41 Å². The first kappa shape index (κ1) is 9.97. The van der Waals surface area contributed by atoms with Crippen LogP contribution in [0.5, 0.6) is 0 Å². The van der Waals surface area contributed by atoms with Crippen LogP contribution in [0.3, 0.4) is 0 Å². The van der Waals surface area contributed by atoms with Gasteiger partial charge in [0.1, 0.15) is 0 Å². The smallest absolute Gasteiger partial charge is 0.313 e. The molecule has 0 radical (unpaired) electrons. The molecule has 1 aliphatic carbocycles. The number of benzene rings is 1. The molecule has 1 N–H and O–H groups in total. The first-order chi connectivity index (χ1) is 7.23. The summed E-state index contributed by atoms with van der Waals surface area (Å²) in [6, 6.07) is 9.81. The summed E-state index contributed by atoms with van der Waals surface area (Å²) in [7, 11) is 0. The molecule has 2 rings (SSSR count). The summed E-state index contributed by atoms with van der Waals surface area (Å²) in [5.74, 6) is -0.694. The molecule has 78 valence electrons. The van der Waals surface area contributed by atoms with Crippen molar-refractivity contribution in [3.63, 3.8) is 0 Å². The van der Waals surface area contributed by atoms with Gasteiger partial charge in [-0.05, 0) is 18.4 Å². The van der Waals surface area contributed by atoms with Gasteiger partial charge < -0.3 is 5.11 Å². The lowest BCUT2D eigenvalue weighted by atomic mass is 9.68. The van der Waals surface area contributed by atoms with E-state index >= 15 is 0 Å². The molecule has 2 nitrogen and oxygen atoms in total. The zero-order chi connectivity index (χ0) is 10.7. The second kappa shape index (κ2) is 3.89. The Hall–Kier alpha value is -1.57. The van der Waals surface area contributed by atoms with Gasteiger partial charge in [0.15, 0.2) is 0 Å². The second-order valence-corrected chi connectivity index (χ2v) is 4.06. The van der Waals surface area contributed by atoms with Crippen molar-refractivity contribution in [3.8, 4) is 0 Å². The Morgan fingerprint density at radius 3 is 2.40 bits per heavy atom. The summed E-state index contributed by atoms with van der Waals surface area (Å²) in [6.45, 7) is 0. The first-order valence-electron chi connectivity index (χ1n) is 5.21. The minimum atomic E-state index is -0.694. The third kappa shape index (κ3) is 1.94. The fraction of sp³-hybridized carbons (Fsp3) is 0.308. The van der Waals surface area contributed by atoms with Crippen LogP contribution in [-0.2, 0) is 4.79 Å². The largest absolute Gasteiger partial charge is 0.481 e. The first-order valence-corrected chi connectivity index (χ1v) is 5.21. The standard InChI is InChI=1S/C13H14O2/c14-12(15)13(8-4-9-13)10-7-11-5-2-1-3-6-11/h1-3,5-7,10H,4,8-9H2,(H,14,15)/b10-7+. The molecule has 0 aliphatic heterocycles. The van der Waals surface area contributed by atoms with Gasteiger partial charge in [0, 0.05) is 0 Å². The fourth-order valence-electron chi connectivity index (χ4n) is 1.83. The zero-order valence-electron chi connectivity index (χ0n) is 8.52. The minimum absolute atomic E-state index is 0.587. The average molecular weight is 202 g/mol. The molecule has 0 amide bonds. The normalized spacial score (nSPS) is 18.7. The van der Waals surface area contributed by atoms with Crippen molar-refractivity contribution in [3.05, 3.63) is 42.0 Å². The van der Waals surface area contributed by atoms with Crippen LogP contribution >= 0.6 is 0 Å². The lowest BCUT2D eigenvalue weighted by Crippen LogP contribution is -2.35. The van der Waals surface area contributed by atoms with Gasteiger partial charge in [0.25, 0.3) is 0 Å². The average Bonchev–Trinajstić information content (AvgIpc) is 2.17. The summed E-state index contributed by atoms with van der Waals surface area (Å²) >= 11 is 0. The molecule has 1 aliphatic rings. The molecule has 1 aromatic rings. The Morgan fingerprint density at radius 1 is 1.27 bits per heavy atom. The van der Waals surface area contributed by atoms with Crippen molar-refractivity contribution in [1.29, 1.82) is 0 Å². The number of hydrogen-bond donors (Lipinski definition) is 1. The highest BCUT2D eigenvalue weighted by atomic mass is 16.4. The van der Waals surface area contributed by atoms with E-state index in [1.165, 1.54) is 0 Å². The maximum Gasteiger partial charge on any atom is 0.313 e. The highest BCUT2D eigenvalue weighted by Gasteiger charge is 2.41. The number of carboxylic acids is 1. The Balaban J connectivity index is 2.14. The summed E-state index contributed by atoms with van der Waals surface area (Å²) in [5.41, 5.74) is 0.473. The topological polar surface area (TPSA) is 37.3 Å². The molecule has 1 saturated carbocycles. The lowest BCUT2D eigenvalue weighted by molar-refractivity contribution is -0.150. The Labute approximate surface area is 89.2 Å². The van der Waals surface area contributed by atoms with Crippen LogP contribution in [0.2, 0.25) is 0 Å². The number of rotatable bonds is 3. The number of aliphatic carboxylic acids is 1. The molecule has 0 bridgehead atoms. The maximum atomic E-state index is 11.1. The summed E-state index contributed by atoms with van der Waals surface area (Å²) in [4.78, 5) is 11.1. The van der Waals surface area contributed by atoms with Gasteiger partial charge in [-0.15, -0.1) is 0 Å². The quantitative estimate of drug-likeness (QED) is 0.818. The van der Waals surface area contributed by atoms with E-state index in [2.05, 4.69) is 0 Å². The lowest BCUT2D eigenvalue weighted by Gasteiger charge is -2.34. The fourth-order valence-corrected chi connectivity index (χ4v) is 1.83. The maximum absolute atomic E-state index is 11.1. The number of carbonyl (C=O) groups is 1. The highest BCUT2D eigenvalue weighted by molar-refractivity contribution is 5.79. The van der Waals surface area contributed by atoms with Crippen molar-refractivity contribution in [2.45, 2.75) is 19.3 Å². The Bertz CT molecular complexity index is 375. The van der Waals surface area contributed by atoms with Gasteiger partial charge >= 0.3 is 5.97 Å². The molecule has 1 fully saturated rings. The van der Waals surface area contributed by atoms with Crippen molar-refractivity contribution < 1.29 is 9.90 Å². The molecule has 0 spiro atoms. The number of hydrogen-bond acceptors (Lipinski definition) is 1. The monoisotopic (exact) mass is 202 g/mol. The Kier molecular flexibility index (Phi) is 2.58. The van der Waals surface area contributed by atoms with Crippen LogP contribution in [-0.4, -0.2) is 11.1 Å². The third-order valence-electron chi connectivity index (χ3n) is 3.07. The van der Waals surface area contributed by atoms with E-state index in [0.29, 0.717) is 0 Å². The van der Waals surface area contributed by atoms with Crippen molar-refractivity contribution in [2.75, 3.05) is 0 Å². The highest BCUT2D eigenvalue weighted by Crippen LogP contribution is 2.42. The summed E-state index contributed by atoms with van der Waals surface area (Å²) < 4.78 is 0. The zero-order valence-corrected chi connectivity index (χ0v) is 8.52. The van der Waals surface area contributed by atoms with Crippen LogP contribution in [0.25, 0.3) is 6.08 Å². The van der Waals surface area contributed by atoms with Crippen molar-refractivity contribution >= 4 is 12.0 Å². The molecule has 0 saturated heterocycles. The second-order valence-electron chi connectivity index (χ2n) is 4.06. The van der Waals surface area contributed by atoms with Crippen LogP contribution in [0.1, 0.15) is 24.8 Å². The predicted octanol–water partition coefficient (Wildman–Crippen LogP) is 2.95. The van der Waals surface area contributed by atoms with Gasteiger partial charge in [0.05, 0.1) is 5.41 Å². The molecule has 0 atom stereocenters. The molecule has 0 aromatic heterocycles. The van der Waals surface area contributed by atoms with Gasteiger partial charge in [-0.1, -0.05) is 48.9 Å². The SMILES string of the molecule is O=C(O)C1(/C=C/c2ccccc2)CCC1. The molecular formula is C13H14O2. The predicted molar refractivity (Wildman–Crippen MR) is 59.4 cm³/mol. The van der Waals surface area contributed by atoms with E-state index in [4.69, 9.17) is 5.11 Å². The summed E-state index contributed by atoms with van der Waals surface area (Å²) in [6.07, 6.45) is 6.31. The Morgan fingerprint density at radius 2 is 1.93 bits per heavy atom. The van der Waals surface area contributed by atoms with Gasteiger partial charge in [0.2, 0.25) is 0 Å². The van der Waals surface area contributed by atoms with E-state index in [0.717, 1.165) is 24.8 Å². The summed E-state index contributed by atoms with van der Waals surface area (Å²) in [5, 5.41) is 9.11. The van der Waals surface area contributed by atoms with E-state index in [1.807, 2.05) is 42.5 Å². The third-order valence-corrected chi connectivity index (χ3v) is 3.07. The van der Waals surface area contributed by atoms with Gasteiger partial charge in [-0.3, -0.25) is 4.79 Å². The van der Waals surface area contributed by atoms with E-state index < -0.39 is 11.4 Å².